The molecule has 5 nitrogen and oxygen atoms in total. The number of anilines is 1. The molecular weight excluding hydrogens is 344 g/mol. The van der Waals surface area contributed by atoms with Crippen molar-refractivity contribution in [1.82, 2.24) is 4.98 Å². The van der Waals surface area contributed by atoms with Gasteiger partial charge in [-0.25, -0.2) is 4.98 Å². The highest BCUT2D eigenvalue weighted by molar-refractivity contribution is 8.01. The van der Waals surface area contributed by atoms with Gasteiger partial charge in [-0.1, -0.05) is 31.5 Å². The molecule has 1 aliphatic carbocycles. The Morgan fingerprint density at radius 1 is 1.33 bits per heavy atom. The summed E-state index contributed by atoms with van der Waals surface area (Å²) in [6, 6.07) is 5.65. The number of nitrogens with zero attached hydrogens (tertiary/aromatic N) is 1. The van der Waals surface area contributed by atoms with Crippen molar-refractivity contribution in [2.75, 3.05) is 11.1 Å². The minimum absolute atomic E-state index is 0.186. The van der Waals surface area contributed by atoms with Gasteiger partial charge >= 0.3 is 5.97 Å². The van der Waals surface area contributed by atoms with Gasteiger partial charge in [0.15, 0.2) is 4.34 Å². The molecule has 0 spiro atoms. The zero-order chi connectivity index (χ0) is 17.1. The minimum atomic E-state index is -0.867. The fraction of sp³-hybridized carbons (Fsp3) is 0.471. The molecule has 1 fully saturated rings. The van der Waals surface area contributed by atoms with Crippen LogP contribution in [0.15, 0.2) is 22.5 Å². The first kappa shape index (κ1) is 17.2. The Bertz CT molecular complexity index is 759. The van der Waals surface area contributed by atoms with E-state index in [0.29, 0.717) is 18.5 Å². The van der Waals surface area contributed by atoms with Gasteiger partial charge in [-0.3, -0.25) is 9.59 Å². The van der Waals surface area contributed by atoms with E-state index in [1.807, 2.05) is 18.2 Å². The van der Waals surface area contributed by atoms with E-state index < -0.39 is 17.8 Å². The second-order valence-electron chi connectivity index (χ2n) is 5.92. The SMILES string of the molecule is CCSc1nc2ccc(NC(=O)[C@@H]3CCCC[C@H]3C(=O)O)cc2s1. The van der Waals surface area contributed by atoms with E-state index in [-0.39, 0.29) is 5.91 Å². The number of nitrogens with one attached hydrogen (secondary N) is 1. The molecular formula is C17H20N2O3S2. The molecule has 0 bridgehead atoms. The van der Waals surface area contributed by atoms with Gasteiger partial charge in [0.05, 0.1) is 22.1 Å². The molecule has 1 aliphatic rings. The van der Waals surface area contributed by atoms with Crippen LogP contribution in [0.1, 0.15) is 32.6 Å². The van der Waals surface area contributed by atoms with Gasteiger partial charge < -0.3 is 10.4 Å². The third-order valence-corrected chi connectivity index (χ3v) is 6.37. The minimum Gasteiger partial charge on any atom is -0.481 e. The molecule has 0 saturated heterocycles. The molecule has 2 N–H and O–H groups in total. The fourth-order valence-corrected chi connectivity index (χ4v) is 5.15. The Labute approximate surface area is 148 Å². The molecule has 0 aliphatic heterocycles. The maximum absolute atomic E-state index is 12.5. The molecule has 128 valence electrons. The predicted molar refractivity (Wildman–Crippen MR) is 97.7 cm³/mol. The van der Waals surface area contributed by atoms with Gasteiger partial charge in [-0.15, -0.1) is 11.3 Å². The Balaban J connectivity index is 1.75. The topological polar surface area (TPSA) is 79.3 Å². The van der Waals surface area contributed by atoms with Gasteiger partial charge in [0.25, 0.3) is 0 Å². The number of carbonyl (C=O) groups excluding carboxylic acids is 1. The maximum Gasteiger partial charge on any atom is 0.307 e. The lowest BCUT2D eigenvalue weighted by molar-refractivity contribution is -0.147. The molecule has 0 unspecified atom stereocenters. The number of carbonyl (C=O) groups is 2. The van der Waals surface area contributed by atoms with Crippen LogP contribution in [0.3, 0.4) is 0 Å². The second kappa shape index (κ2) is 7.53. The summed E-state index contributed by atoms with van der Waals surface area (Å²) in [6.07, 6.45) is 3.01. The van der Waals surface area contributed by atoms with E-state index in [1.54, 1.807) is 23.1 Å². The van der Waals surface area contributed by atoms with Crippen LogP contribution in [0.4, 0.5) is 5.69 Å². The summed E-state index contributed by atoms with van der Waals surface area (Å²) in [5, 5.41) is 12.2. The zero-order valence-electron chi connectivity index (χ0n) is 13.4. The van der Waals surface area contributed by atoms with Gasteiger partial charge in [-0.2, -0.15) is 0 Å². The Morgan fingerprint density at radius 2 is 2.08 bits per heavy atom. The van der Waals surface area contributed by atoms with Crippen LogP contribution >= 0.6 is 23.1 Å². The number of rotatable bonds is 5. The lowest BCUT2D eigenvalue weighted by atomic mass is 9.78. The van der Waals surface area contributed by atoms with Crippen molar-refractivity contribution in [2.45, 2.75) is 36.9 Å². The number of thiazole rings is 1. The number of hydrogen-bond donors (Lipinski definition) is 2. The highest BCUT2D eigenvalue weighted by Crippen LogP contribution is 2.33. The number of aliphatic carboxylic acids is 1. The number of thioether (sulfide) groups is 1. The summed E-state index contributed by atoms with van der Waals surface area (Å²) >= 11 is 3.31. The van der Waals surface area contributed by atoms with Crippen molar-refractivity contribution in [1.29, 1.82) is 0 Å². The maximum atomic E-state index is 12.5. The van der Waals surface area contributed by atoms with Gasteiger partial charge in [0.2, 0.25) is 5.91 Å². The second-order valence-corrected chi connectivity index (χ2v) is 8.46. The Hall–Kier alpha value is -1.60. The van der Waals surface area contributed by atoms with Crippen LogP contribution < -0.4 is 5.32 Å². The van der Waals surface area contributed by atoms with Crippen molar-refractivity contribution < 1.29 is 14.7 Å². The zero-order valence-corrected chi connectivity index (χ0v) is 15.1. The average Bonchev–Trinajstić information content (AvgIpc) is 2.96. The number of amides is 1. The third kappa shape index (κ3) is 3.72. The van der Waals surface area contributed by atoms with Gasteiger partial charge in [0.1, 0.15) is 0 Å². The molecule has 2 atom stereocenters. The largest absolute Gasteiger partial charge is 0.481 e. The van der Waals surface area contributed by atoms with Crippen molar-refractivity contribution >= 4 is 50.9 Å². The lowest BCUT2D eigenvalue weighted by Crippen LogP contribution is -2.36. The van der Waals surface area contributed by atoms with Gasteiger partial charge in [0, 0.05) is 5.69 Å². The fourth-order valence-electron chi connectivity index (χ4n) is 3.14. The van der Waals surface area contributed by atoms with Crippen LogP contribution in [0.25, 0.3) is 10.2 Å². The standard InChI is InChI=1S/C17H20N2O3S2/c1-2-23-17-19-13-8-7-10(9-14(13)24-17)18-15(20)11-5-3-4-6-12(11)16(21)22/h7-9,11-12H,2-6H2,1H3,(H,18,20)(H,21,22)/t11-,12-/m1/s1. The number of hydrogen-bond acceptors (Lipinski definition) is 5. The molecule has 1 aromatic carbocycles. The van der Waals surface area contributed by atoms with E-state index in [2.05, 4.69) is 17.2 Å². The van der Waals surface area contributed by atoms with Crippen molar-refractivity contribution in [2.24, 2.45) is 11.8 Å². The highest BCUT2D eigenvalue weighted by atomic mass is 32.2. The first-order valence-corrected chi connectivity index (χ1v) is 9.95. The summed E-state index contributed by atoms with van der Waals surface area (Å²) in [6.45, 7) is 2.09. The van der Waals surface area contributed by atoms with E-state index >= 15 is 0 Å². The highest BCUT2D eigenvalue weighted by Gasteiger charge is 2.35. The summed E-state index contributed by atoms with van der Waals surface area (Å²) in [5.41, 5.74) is 1.63. The lowest BCUT2D eigenvalue weighted by Gasteiger charge is -2.27. The van der Waals surface area contributed by atoms with Crippen LogP contribution in [-0.2, 0) is 9.59 Å². The first-order valence-electron chi connectivity index (χ1n) is 8.15. The molecule has 1 heterocycles. The van der Waals surface area contributed by atoms with Crippen molar-refractivity contribution in [3.05, 3.63) is 18.2 Å². The average molecular weight is 364 g/mol. The number of carboxylic acids is 1. The Kier molecular flexibility index (Phi) is 5.40. The Morgan fingerprint density at radius 3 is 2.79 bits per heavy atom. The summed E-state index contributed by atoms with van der Waals surface area (Å²) in [7, 11) is 0. The first-order chi connectivity index (χ1) is 11.6. The smallest absolute Gasteiger partial charge is 0.307 e. The summed E-state index contributed by atoms with van der Waals surface area (Å²) < 4.78 is 2.05. The summed E-state index contributed by atoms with van der Waals surface area (Å²) in [4.78, 5) is 28.4. The molecule has 3 rings (SSSR count). The normalized spacial score (nSPS) is 20.9. The molecule has 1 aromatic heterocycles. The van der Waals surface area contributed by atoms with Gasteiger partial charge in [-0.05, 0) is 36.8 Å². The molecule has 0 radical (unpaired) electrons. The molecule has 2 aromatic rings. The van der Waals surface area contributed by atoms with Crippen LogP contribution in [0, 0.1) is 11.8 Å². The van der Waals surface area contributed by atoms with E-state index in [9.17, 15) is 14.7 Å². The quantitative estimate of drug-likeness (QED) is 0.776. The number of fused-ring (bicyclic) bond motifs is 1. The van der Waals surface area contributed by atoms with E-state index in [0.717, 1.165) is 33.2 Å². The monoisotopic (exact) mass is 364 g/mol. The summed E-state index contributed by atoms with van der Waals surface area (Å²) in [5.74, 6) is -1.09. The molecule has 24 heavy (non-hydrogen) atoms. The van der Waals surface area contributed by atoms with E-state index in [1.165, 1.54) is 0 Å². The van der Waals surface area contributed by atoms with Crippen molar-refractivity contribution in [3.8, 4) is 0 Å². The van der Waals surface area contributed by atoms with Crippen LogP contribution in [0.5, 0.6) is 0 Å². The molecule has 1 saturated carbocycles. The predicted octanol–water partition coefficient (Wildman–Crippen LogP) is 4.24. The third-order valence-electron chi connectivity index (χ3n) is 4.32. The van der Waals surface area contributed by atoms with Crippen LogP contribution in [0.2, 0.25) is 0 Å². The van der Waals surface area contributed by atoms with Crippen molar-refractivity contribution in [3.63, 3.8) is 0 Å². The van der Waals surface area contributed by atoms with Crippen LogP contribution in [-0.4, -0.2) is 27.7 Å². The number of benzene rings is 1. The van der Waals surface area contributed by atoms with E-state index in [4.69, 9.17) is 0 Å². The molecule has 1 amide bonds. The number of carboxylic acid groups (broad SMARTS) is 1. The number of aromatic nitrogens is 1. The molecule has 7 heteroatoms.